The van der Waals surface area contributed by atoms with Crippen LogP contribution in [0.4, 0.5) is 5.82 Å². The van der Waals surface area contributed by atoms with Gasteiger partial charge in [-0.1, -0.05) is 11.6 Å². The SMILES string of the molecule is O=C(O)c1ccc(Cl)nc1NCCCN1CCNCC1. The van der Waals surface area contributed by atoms with E-state index in [1.54, 1.807) is 0 Å². The largest absolute Gasteiger partial charge is 0.478 e. The molecule has 0 spiro atoms. The van der Waals surface area contributed by atoms with Crippen molar-refractivity contribution in [2.45, 2.75) is 6.42 Å². The van der Waals surface area contributed by atoms with Gasteiger partial charge in [-0.2, -0.15) is 0 Å². The highest BCUT2D eigenvalue weighted by Gasteiger charge is 2.12. The first-order valence-electron chi connectivity index (χ1n) is 6.73. The molecule has 1 aliphatic rings. The fourth-order valence-corrected chi connectivity index (χ4v) is 2.33. The van der Waals surface area contributed by atoms with Crippen LogP contribution in [0, 0.1) is 0 Å². The van der Waals surface area contributed by atoms with Crippen LogP contribution in [-0.2, 0) is 0 Å². The Hall–Kier alpha value is -1.37. The van der Waals surface area contributed by atoms with Gasteiger partial charge < -0.3 is 20.6 Å². The lowest BCUT2D eigenvalue weighted by Gasteiger charge is -2.27. The van der Waals surface area contributed by atoms with Crippen LogP contribution in [0.25, 0.3) is 0 Å². The standard InChI is InChI=1S/C13H19ClN4O2/c14-11-3-2-10(13(19)20)12(17-11)16-4-1-7-18-8-5-15-6-9-18/h2-3,15H,1,4-9H2,(H,16,17)(H,19,20). The summed E-state index contributed by atoms with van der Waals surface area (Å²) in [6.07, 6.45) is 0.938. The van der Waals surface area contributed by atoms with Crippen molar-refractivity contribution < 1.29 is 9.90 Å². The number of aromatic nitrogens is 1. The summed E-state index contributed by atoms with van der Waals surface area (Å²) < 4.78 is 0. The zero-order valence-electron chi connectivity index (χ0n) is 11.2. The van der Waals surface area contributed by atoms with Gasteiger partial charge in [-0.05, 0) is 25.1 Å². The number of aromatic carboxylic acids is 1. The van der Waals surface area contributed by atoms with Gasteiger partial charge in [0.2, 0.25) is 0 Å². The van der Waals surface area contributed by atoms with E-state index in [1.807, 2.05) is 0 Å². The Morgan fingerprint density at radius 1 is 1.45 bits per heavy atom. The number of pyridine rings is 1. The summed E-state index contributed by atoms with van der Waals surface area (Å²) in [6.45, 7) is 5.87. The number of piperazine rings is 1. The molecule has 1 fully saturated rings. The topological polar surface area (TPSA) is 77.5 Å². The maximum absolute atomic E-state index is 11.1. The average molecular weight is 299 g/mol. The molecular weight excluding hydrogens is 280 g/mol. The van der Waals surface area contributed by atoms with Gasteiger partial charge in [0.05, 0.1) is 0 Å². The van der Waals surface area contributed by atoms with Gasteiger partial charge in [0, 0.05) is 32.7 Å². The molecule has 1 aliphatic heterocycles. The monoisotopic (exact) mass is 298 g/mol. The van der Waals surface area contributed by atoms with E-state index in [4.69, 9.17) is 16.7 Å². The molecule has 0 atom stereocenters. The third-order valence-electron chi connectivity index (χ3n) is 3.24. The number of rotatable bonds is 6. The summed E-state index contributed by atoms with van der Waals surface area (Å²) >= 11 is 5.80. The van der Waals surface area contributed by atoms with Crippen LogP contribution in [0.5, 0.6) is 0 Å². The van der Waals surface area contributed by atoms with Crippen molar-refractivity contribution in [3.8, 4) is 0 Å². The van der Waals surface area contributed by atoms with E-state index in [0.29, 0.717) is 17.5 Å². The molecule has 0 unspecified atom stereocenters. The van der Waals surface area contributed by atoms with Crippen molar-refractivity contribution >= 4 is 23.4 Å². The number of hydrogen-bond acceptors (Lipinski definition) is 5. The Labute approximate surface area is 123 Å². The molecule has 0 radical (unpaired) electrons. The van der Waals surface area contributed by atoms with Crippen LogP contribution in [-0.4, -0.2) is 60.2 Å². The van der Waals surface area contributed by atoms with Crippen LogP contribution in [0.3, 0.4) is 0 Å². The number of halogens is 1. The summed E-state index contributed by atoms with van der Waals surface area (Å²) in [5.41, 5.74) is 0.150. The number of anilines is 1. The van der Waals surface area contributed by atoms with Crippen molar-refractivity contribution in [3.05, 3.63) is 22.8 Å². The van der Waals surface area contributed by atoms with E-state index in [2.05, 4.69) is 20.5 Å². The molecule has 1 saturated heterocycles. The average Bonchev–Trinajstić information content (AvgIpc) is 2.44. The summed E-state index contributed by atoms with van der Waals surface area (Å²) in [7, 11) is 0. The molecule has 20 heavy (non-hydrogen) atoms. The highest BCUT2D eigenvalue weighted by Crippen LogP contribution is 2.16. The van der Waals surface area contributed by atoms with E-state index in [1.165, 1.54) is 12.1 Å². The van der Waals surface area contributed by atoms with E-state index < -0.39 is 5.97 Å². The van der Waals surface area contributed by atoms with Crippen molar-refractivity contribution in [1.82, 2.24) is 15.2 Å². The van der Waals surface area contributed by atoms with E-state index in [0.717, 1.165) is 39.1 Å². The number of nitrogens with zero attached hydrogens (tertiary/aromatic N) is 2. The first-order chi connectivity index (χ1) is 9.66. The van der Waals surface area contributed by atoms with Crippen molar-refractivity contribution in [3.63, 3.8) is 0 Å². The second kappa shape index (κ2) is 7.42. The van der Waals surface area contributed by atoms with E-state index >= 15 is 0 Å². The van der Waals surface area contributed by atoms with Crippen LogP contribution < -0.4 is 10.6 Å². The van der Waals surface area contributed by atoms with E-state index in [9.17, 15) is 4.79 Å². The fourth-order valence-electron chi connectivity index (χ4n) is 2.19. The summed E-state index contributed by atoms with van der Waals surface area (Å²) in [5.74, 6) is -0.663. The molecule has 1 aromatic heterocycles. The van der Waals surface area contributed by atoms with Gasteiger partial charge in [-0.3, -0.25) is 0 Å². The van der Waals surface area contributed by atoms with Crippen molar-refractivity contribution in [1.29, 1.82) is 0 Å². The van der Waals surface area contributed by atoms with Crippen molar-refractivity contribution in [2.24, 2.45) is 0 Å². The molecule has 1 aromatic rings. The normalized spacial score (nSPS) is 16.1. The minimum Gasteiger partial charge on any atom is -0.478 e. The Morgan fingerprint density at radius 2 is 2.20 bits per heavy atom. The molecule has 0 aliphatic carbocycles. The molecule has 2 rings (SSSR count). The maximum atomic E-state index is 11.1. The zero-order chi connectivity index (χ0) is 14.4. The third-order valence-corrected chi connectivity index (χ3v) is 3.46. The van der Waals surface area contributed by atoms with Crippen molar-refractivity contribution in [2.75, 3.05) is 44.6 Å². The number of carboxylic acid groups (broad SMARTS) is 1. The van der Waals surface area contributed by atoms with Crippen LogP contribution in [0.1, 0.15) is 16.8 Å². The zero-order valence-corrected chi connectivity index (χ0v) is 12.0. The molecule has 6 nitrogen and oxygen atoms in total. The van der Waals surface area contributed by atoms with Gasteiger partial charge in [0.15, 0.2) is 0 Å². The minimum atomic E-state index is -1.00. The molecule has 3 N–H and O–H groups in total. The predicted octanol–water partition coefficient (Wildman–Crippen LogP) is 1.14. The molecule has 0 saturated carbocycles. The Bertz CT molecular complexity index is 464. The predicted molar refractivity (Wildman–Crippen MR) is 78.6 cm³/mol. The smallest absolute Gasteiger partial charge is 0.339 e. The van der Waals surface area contributed by atoms with Crippen LogP contribution in [0.2, 0.25) is 5.15 Å². The summed E-state index contributed by atoms with van der Waals surface area (Å²) in [4.78, 5) is 17.5. The van der Waals surface area contributed by atoms with Crippen LogP contribution in [0.15, 0.2) is 12.1 Å². The van der Waals surface area contributed by atoms with Gasteiger partial charge >= 0.3 is 5.97 Å². The first kappa shape index (κ1) is 15.0. The molecule has 7 heteroatoms. The highest BCUT2D eigenvalue weighted by molar-refractivity contribution is 6.29. The molecule has 0 bridgehead atoms. The lowest BCUT2D eigenvalue weighted by molar-refractivity contribution is 0.0697. The minimum absolute atomic E-state index is 0.150. The Balaban J connectivity index is 1.81. The fraction of sp³-hybridized carbons (Fsp3) is 0.538. The van der Waals surface area contributed by atoms with Gasteiger partial charge in [0.25, 0.3) is 0 Å². The maximum Gasteiger partial charge on any atom is 0.339 e. The summed E-state index contributed by atoms with van der Waals surface area (Å²) in [5, 5.41) is 15.7. The number of carbonyl (C=O) groups is 1. The van der Waals surface area contributed by atoms with Gasteiger partial charge in [0.1, 0.15) is 16.5 Å². The molecule has 0 amide bonds. The number of carboxylic acids is 1. The quantitative estimate of drug-likeness (QED) is 0.540. The molecule has 110 valence electrons. The summed E-state index contributed by atoms with van der Waals surface area (Å²) in [6, 6.07) is 2.95. The van der Waals surface area contributed by atoms with Gasteiger partial charge in [-0.25, -0.2) is 9.78 Å². The highest BCUT2D eigenvalue weighted by atomic mass is 35.5. The second-order valence-electron chi connectivity index (χ2n) is 4.71. The third kappa shape index (κ3) is 4.33. The van der Waals surface area contributed by atoms with Crippen LogP contribution >= 0.6 is 11.6 Å². The van der Waals surface area contributed by atoms with E-state index in [-0.39, 0.29) is 5.56 Å². The lowest BCUT2D eigenvalue weighted by Crippen LogP contribution is -2.44. The Kier molecular flexibility index (Phi) is 5.58. The molecule has 2 heterocycles. The first-order valence-corrected chi connectivity index (χ1v) is 7.11. The molecular formula is C13H19ClN4O2. The number of hydrogen-bond donors (Lipinski definition) is 3. The second-order valence-corrected chi connectivity index (χ2v) is 5.09. The van der Waals surface area contributed by atoms with Gasteiger partial charge in [-0.15, -0.1) is 0 Å². The lowest BCUT2D eigenvalue weighted by atomic mass is 10.2. The number of nitrogens with one attached hydrogen (secondary N) is 2. The Morgan fingerprint density at radius 3 is 2.90 bits per heavy atom. The molecule has 0 aromatic carbocycles.